The van der Waals surface area contributed by atoms with E-state index in [1.165, 1.54) is 0 Å². The fourth-order valence-corrected chi connectivity index (χ4v) is 2.49. The van der Waals surface area contributed by atoms with Crippen molar-refractivity contribution in [2.24, 2.45) is 7.05 Å². The van der Waals surface area contributed by atoms with E-state index in [0.717, 1.165) is 37.4 Å². The maximum atomic E-state index is 12.4. The average Bonchev–Trinajstić information content (AvgIpc) is 3.19. The van der Waals surface area contributed by atoms with Crippen molar-refractivity contribution in [2.45, 2.75) is 12.8 Å². The number of carbonyl (C=O) groups is 1. The van der Waals surface area contributed by atoms with Crippen LogP contribution in [0.1, 0.15) is 23.5 Å². The van der Waals surface area contributed by atoms with E-state index in [-0.39, 0.29) is 5.91 Å². The second-order valence-electron chi connectivity index (χ2n) is 5.26. The third-order valence-corrected chi connectivity index (χ3v) is 3.81. The Kier molecular flexibility index (Phi) is 3.95. The zero-order valence-electron chi connectivity index (χ0n) is 12.7. The molecular formula is C15H19N5O2. The first kappa shape index (κ1) is 14.4. The van der Waals surface area contributed by atoms with E-state index in [1.807, 2.05) is 29.2 Å². The molecule has 1 aromatic heterocycles. The molecule has 0 aliphatic carbocycles. The summed E-state index contributed by atoms with van der Waals surface area (Å²) in [7, 11) is 3.41. The lowest BCUT2D eigenvalue weighted by molar-refractivity contribution is 0.0777. The van der Waals surface area contributed by atoms with E-state index in [9.17, 15) is 4.79 Å². The highest BCUT2D eigenvalue weighted by Crippen LogP contribution is 2.19. The maximum absolute atomic E-state index is 12.4. The molecule has 22 heavy (non-hydrogen) atoms. The average molecular weight is 301 g/mol. The smallest absolute Gasteiger partial charge is 0.291 e. The van der Waals surface area contributed by atoms with Crippen LogP contribution in [0.3, 0.4) is 0 Å². The number of nitrogens with zero attached hydrogens (tertiary/aromatic N) is 4. The quantitative estimate of drug-likeness (QED) is 0.932. The number of hydrogen-bond donors (Lipinski definition) is 1. The summed E-state index contributed by atoms with van der Waals surface area (Å²) in [6.45, 7) is 1.60. The van der Waals surface area contributed by atoms with Crippen molar-refractivity contribution in [1.29, 1.82) is 0 Å². The number of hydrogen-bond acceptors (Lipinski definition) is 5. The van der Waals surface area contributed by atoms with Crippen molar-refractivity contribution >= 4 is 17.5 Å². The molecule has 1 N–H and O–H groups in total. The Hall–Kier alpha value is -2.57. The molecule has 1 aliphatic heterocycles. The van der Waals surface area contributed by atoms with Crippen molar-refractivity contribution in [2.75, 3.05) is 25.5 Å². The lowest BCUT2D eigenvalue weighted by Crippen LogP contribution is -2.30. The van der Waals surface area contributed by atoms with Gasteiger partial charge in [0.05, 0.1) is 7.11 Å². The van der Waals surface area contributed by atoms with Crippen LogP contribution in [0.25, 0.3) is 0 Å². The Bertz CT molecular complexity index is 659. The molecule has 0 saturated carbocycles. The van der Waals surface area contributed by atoms with Crippen LogP contribution in [-0.2, 0) is 7.05 Å². The summed E-state index contributed by atoms with van der Waals surface area (Å²) in [6.07, 6.45) is 2.11. The Labute approximate surface area is 128 Å². The predicted molar refractivity (Wildman–Crippen MR) is 82.4 cm³/mol. The van der Waals surface area contributed by atoms with E-state index in [1.54, 1.807) is 18.7 Å². The van der Waals surface area contributed by atoms with Crippen LogP contribution >= 0.6 is 0 Å². The van der Waals surface area contributed by atoms with Gasteiger partial charge in [0.25, 0.3) is 5.91 Å². The predicted octanol–water partition coefficient (Wildman–Crippen LogP) is 1.80. The number of anilines is 2. The minimum absolute atomic E-state index is 0.0599. The normalized spacial score (nSPS) is 14.2. The summed E-state index contributed by atoms with van der Waals surface area (Å²) in [6, 6.07) is 7.48. The van der Waals surface area contributed by atoms with Gasteiger partial charge in [-0.3, -0.25) is 9.36 Å². The van der Waals surface area contributed by atoms with Crippen LogP contribution in [0.2, 0.25) is 0 Å². The SMILES string of the molecule is COc1ccc(Nc2nnc(C(=O)N3CCCC3)n2C)cc1. The Morgan fingerprint density at radius 1 is 1.18 bits per heavy atom. The van der Waals surface area contributed by atoms with Gasteiger partial charge in [-0.05, 0) is 37.1 Å². The van der Waals surface area contributed by atoms with E-state index in [0.29, 0.717) is 11.8 Å². The minimum Gasteiger partial charge on any atom is -0.497 e. The zero-order valence-corrected chi connectivity index (χ0v) is 12.7. The van der Waals surface area contributed by atoms with E-state index in [2.05, 4.69) is 15.5 Å². The van der Waals surface area contributed by atoms with Crippen molar-refractivity contribution in [3.8, 4) is 5.75 Å². The molecule has 1 amide bonds. The lowest BCUT2D eigenvalue weighted by Gasteiger charge is -2.14. The number of ether oxygens (including phenoxy) is 1. The first-order chi connectivity index (χ1) is 10.7. The van der Waals surface area contributed by atoms with E-state index >= 15 is 0 Å². The summed E-state index contributed by atoms with van der Waals surface area (Å²) in [5.74, 6) is 1.62. The first-order valence-corrected chi connectivity index (χ1v) is 7.29. The zero-order chi connectivity index (χ0) is 15.5. The standard InChI is InChI=1S/C15H19N5O2/c1-19-13(14(21)20-9-3-4-10-20)17-18-15(19)16-11-5-7-12(22-2)8-6-11/h5-8H,3-4,9-10H2,1-2H3,(H,16,18). The molecule has 0 unspecified atom stereocenters. The van der Waals surface area contributed by atoms with Crippen LogP contribution in [0.15, 0.2) is 24.3 Å². The van der Waals surface area contributed by atoms with Crippen molar-refractivity contribution in [3.63, 3.8) is 0 Å². The van der Waals surface area contributed by atoms with Gasteiger partial charge < -0.3 is 15.0 Å². The number of benzene rings is 1. The Morgan fingerprint density at radius 2 is 1.86 bits per heavy atom. The molecule has 0 atom stereocenters. The van der Waals surface area contributed by atoms with Crippen LogP contribution < -0.4 is 10.1 Å². The fourth-order valence-electron chi connectivity index (χ4n) is 2.49. The second kappa shape index (κ2) is 6.05. The summed E-state index contributed by atoms with van der Waals surface area (Å²) in [5.41, 5.74) is 0.858. The third-order valence-electron chi connectivity index (χ3n) is 3.81. The summed E-state index contributed by atoms with van der Waals surface area (Å²) < 4.78 is 6.81. The summed E-state index contributed by atoms with van der Waals surface area (Å²) in [4.78, 5) is 14.2. The second-order valence-corrected chi connectivity index (χ2v) is 5.26. The number of nitrogens with one attached hydrogen (secondary N) is 1. The maximum Gasteiger partial charge on any atom is 0.291 e. The lowest BCUT2D eigenvalue weighted by atomic mass is 10.3. The van der Waals surface area contributed by atoms with Gasteiger partial charge in [-0.1, -0.05) is 0 Å². The topological polar surface area (TPSA) is 72.3 Å². The first-order valence-electron chi connectivity index (χ1n) is 7.29. The number of rotatable bonds is 4. The van der Waals surface area contributed by atoms with Crippen molar-refractivity contribution in [3.05, 3.63) is 30.1 Å². The van der Waals surface area contributed by atoms with Gasteiger partial charge in [0.1, 0.15) is 5.75 Å². The molecule has 0 radical (unpaired) electrons. The molecule has 0 bridgehead atoms. The number of likely N-dealkylation sites (tertiary alicyclic amines) is 1. The molecular weight excluding hydrogens is 282 g/mol. The number of methoxy groups -OCH3 is 1. The van der Waals surface area contributed by atoms with Crippen LogP contribution in [0.5, 0.6) is 5.75 Å². The molecule has 1 aromatic carbocycles. The molecule has 7 nitrogen and oxygen atoms in total. The van der Waals surface area contributed by atoms with Crippen LogP contribution in [-0.4, -0.2) is 45.8 Å². The van der Waals surface area contributed by atoms with Crippen LogP contribution in [0, 0.1) is 0 Å². The van der Waals surface area contributed by atoms with E-state index < -0.39 is 0 Å². The third kappa shape index (κ3) is 2.74. The molecule has 1 aliphatic rings. The Balaban J connectivity index is 1.76. The fraction of sp³-hybridized carbons (Fsp3) is 0.400. The molecule has 7 heteroatoms. The Morgan fingerprint density at radius 3 is 2.50 bits per heavy atom. The summed E-state index contributed by atoms with van der Waals surface area (Å²) >= 11 is 0. The highest BCUT2D eigenvalue weighted by atomic mass is 16.5. The number of aromatic nitrogens is 3. The van der Waals surface area contributed by atoms with Gasteiger partial charge in [-0.25, -0.2) is 0 Å². The monoisotopic (exact) mass is 301 g/mol. The highest BCUT2D eigenvalue weighted by molar-refractivity contribution is 5.91. The van der Waals surface area contributed by atoms with Crippen molar-refractivity contribution < 1.29 is 9.53 Å². The molecule has 2 heterocycles. The number of amides is 1. The van der Waals surface area contributed by atoms with Gasteiger partial charge in [-0.2, -0.15) is 0 Å². The largest absolute Gasteiger partial charge is 0.497 e. The molecule has 1 saturated heterocycles. The molecule has 1 fully saturated rings. The molecule has 3 rings (SSSR count). The van der Waals surface area contributed by atoms with Crippen LogP contribution in [0.4, 0.5) is 11.6 Å². The molecule has 0 spiro atoms. The van der Waals surface area contributed by atoms with E-state index in [4.69, 9.17) is 4.74 Å². The van der Waals surface area contributed by atoms with Gasteiger partial charge in [0.2, 0.25) is 11.8 Å². The highest BCUT2D eigenvalue weighted by Gasteiger charge is 2.24. The van der Waals surface area contributed by atoms with Gasteiger partial charge in [-0.15, -0.1) is 10.2 Å². The molecule has 2 aromatic rings. The van der Waals surface area contributed by atoms with Gasteiger partial charge in [0.15, 0.2) is 0 Å². The minimum atomic E-state index is -0.0599. The van der Waals surface area contributed by atoms with Gasteiger partial charge >= 0.3 is 0 Å². The molecule has 116 valence electrons. The van der Waals surface area contributed by atoms with Crippen molar-refractivity contribution in [1.82, 2.24) is 19.7 Å². The van der Waals surface area contributed by atoms with Gasteiger partial charge in [0, 0.05) is 25.8 Å². The summed E-state index contributed by atoms with van der Waals surface area (Å²) in [5, 5.41) is 11.2. The number of carbonyl (C=O) groups excluding carboxylic acids is 1.